The van der Waals surface area contributed by atoms with Crippen LogP contribution in [0.15, 0.2) is 23.8 Å². The highest BCUT2D eigenvalue weighted by Crippen LogP contribution is 2.24. The predicted octanol–water partition coefficient (Wildman–Crippen LogP) is 2.12. The minimum Gasteiger partial charge on any atom is -0.479 e. The second-order valence-electron chi connectivity index (χ2n) is 4.26. The average Bonchev–Trinajstić information content (AvgIpc) is 2.83. The molecule has 0 aliphatic rings. The van der Waals surface area contributed by atoms with Crippen LogP contribution in [-0.2, 0) is 9.53 Å². The van der Waals surface area contributed by atoms with Crippen LogP contribution in [-0.4, -0.2) is 29.1 Å². The quantitative estimate of drug-likeness (QED) is 0.488. The Labute approximate surface area is 122 Å². The number of aryl methyl sites for hydroxylation is 1. The highest BCUT2D eigenvalue weighted by Gasteiger charge is 2.16. The molecule has 2 rings (SSSR count). The Bertz CT molecular complexity index is 753. The zero-order valence-electron chi connectivity index (χ0n) is 12.1. The lowest BCUT2D eigenvalue weighted by Crippen LogP contribution is -2.06. The van der Waals surface area contributed by atoms with Gasteiger partial charge in [0.05, 0.1) is 13.7 Å². The maximum atomic E-state index is 11.7. The first-order valence-electron chi connectivity index (χ1n) is 6.43. The summed E-state index contributed by atoms with van der Waals surface area (Å²) in [4.78, 5) is 16.1. The van der Waals surface area contributed by atoms with Gasteiger partial charge in [-0.3, -0.25) is 4.40 Å². The number of ether oxygens (including phenoxy) is 2. The van der Waals surface area contributed by atoms with Gasteiger partial charge in [-0.15, -0.1) is 0 Å². The molecule has 0 aromatic carbocycles. The van der Waals surface area contributed by atoms with Gasteiger partial charge in [-0.05, 0) is 32.1 Å². The summed E-state index contributed by atoms with van der Waals surface area (Å²) in [5, 5.41) is 9.14. The number of fused-ring (bicyclic) bond motifs is 1. The minimum atomic E-state index is -0.661. The van der Waals surface area contributed by atoms with Gasteiger partial charge >= 0.3 is 5.97 Å². The van der Waals surface area contributed by atoms with Gasteiger partial charge in [-0.25, -0.2) is 4.79 Å². The third kappa shape index (κ3) is 2.72. The Kier molecular flexibility index (Phi) is 4.24. The van der Waals surface area contributed by atoms with Gasteiger partial charge in [0.15, 0.2) is 0 Å². The van der Waals surface area contributed by atoms with Gasteiger partial charge in [0, 0.05) is 5.69 Å². The van der Waals surface area contributed by atoms with Crippen LogP contribution in [0.3, 0.4) is 0 Å². The van der Waals surface area contributed by atoms with E-state index < -0.39 is 5.97 Å². The number of hydrogen-bond donors (Lipinski definition) is 0. The molecule has 6 nitrogen and oxygen atoms in total. The summed E-state index contributed by atoms with van der Waals surface area (Å²) in [5.74, 6) is -0.313. The SMILES string of the molecule is CCOC(=O)/C(C#N)=C/c1c(OC)nc2cccc(C)n12. The van der Waals surface area contributed by atoms with Crippen LogP contribution in [0.5, 0.6) is 5.88 Å². The van der Waals surface area contributed by atoms with Gasteiger partial charge in [-0.1, -0.05) is 6.07 Å². The largest absolute Gasteiger partial charge is 0.479 e. The highest BCUT2D eigenvalue weighted by molar-refractivity contribution is 5.98. The molecule has 21 heavy (non-hydrogen) atoms. The monoisotopic (exact) mass is 285 g/mol. The topological polar surface area (TPSA) is 76.6 Å². The van der Waals surface area contributed by atoms with Crippen molar-refractivity contribution in [2.24, 2.45) is 0 Å². The first kappa shape index (κ1) is 14.6. The van der Waals surface area contributed by atoms with Crippen molar-refractivity contribution >= 4 is 17.7 Å². The highest BCUT2D eigenvalue weighted by atomic mass is 16.5. The van der Waals surface area contributed by atoms with E-state index in [0.717, 1.165) is 5.69 Å². The number of carbonyl (C=O) groups is 1. The number of rotatable bonds is 4. The molecule has 0 fully saturated rings. The molecule has 0 bridgehead atoms. The fourth-order valence-electron chi connectivity index (χ4n) is 2.02. The van der Waals surface area contributed by atoms with Crippen LogP contribution in [0.25, 0.3) is 11.7 Å². The zero-order chi connectivity index (χ0) is 15.4. The van der Waals surface area contributed by atoms with E-state index in [9.17, 15) is 4.79 Å². The maximum absolute atomic E-state index is 11.7. The second kappa shape index (κ2) is 6.09. The lowest BCUT2D eigenvalue weighted by Gasteiger charge is -2.04. The number of hydrogen-bond acceptors (Lipinski definition) is 5. The molecule has 6 heteroatoms. The fraction of sp³-hybridized carbons (Fsp3) is 0.267. The number of esters is 1. The maximum Gasteiger partial charge on any atom is 0.348 e. The van der Waals surface area contributed by atoms with Crippen molar-refractivity contribution in [1.29, 1.82) is 5.26 Å². The predicted molar refractivity (Wildman–Crippen MR) is 76.7 cm³/mol. The zero-order valence-corrected chi connectivity index (χ0v) is 12.1. The molecule has 2 aromatic heterocycles. The van der Waals surface area contributed by atoms with Crippen molar-refractivity contribution in [3.05, 3.63) is 35.2 Å². The van der Waals surface area contributed by atoms with Gasteiger partial charge < -0.3 is 9.47 Å². The van der Waals surface area contributed by atoms with E-state index in [0.29, 0.717) is 17.2 Å². The van der Waals surface area contributed by atoms with Crippen molar-refractivity contribution in [3.63, 3.8) is 0 Å². The number of pyridine rings is 1. The molecule has 0 radical (unpaired) electrons. The Morgan fingerprint density at radius 2 is 2.29 bits per heavy atom. The van der Waals surface area contributed by atoms with Crippen LogP contribution in [0.1, 0.15) is 18.3 Å². The molecule has 0 aliphatic carbocycles. The lowest BCUT2D eigenvalue weighted by atomic mass is 10.2. The van der Waals surface area contributed by atoms with Crippen molar-refractivity contribution in [2.45, 2.75) is 13.8 Å². The Morgan fingerprint density at radius 1 is 1.52 bits per heavy atom. The smallest absolute Gasteiger partial charge is 0.348 e. The molecule has 0 N–H and O–H groups in total. The van der Waals surface area contributed by atoms with Crippen LogP contribution >= 0.6 is 0 Å². The van der Waals surface area contributed by atoms with E-state index in [2.05, 4.69) is 4.98 Å². The van der Waals surface area contributed by atoms with Gasteiger partial charge in [0.25, 0.3) is 0 Å². The summed E-state index contributed by atoms with van der Waals surface area (Å²) >= 11 is 0. The summed E-state index contributed by atoms with van der Waals surface area (Å²) in [5.41, 5.74) is 2.03. The summed E-state index contributed by atoms with van der Waals surface area (Å²) in [6.07, 6.45) is 1.43. The van der Waals surface area contributed by atoms with E-state index in [1.54, 1.807) is 6.92 Å². The number of carbonyl (C=O) groups excluding carboxylic acids is 1. The Hall–Kier alpha value is -2.81. The van der Waals surface area contributed by atoms with Gasteiger partial charge in [0.1, 0.15) is 23.0 Å². The fourth-order valence-corrected chi connectivity index (χ4v) is 2.02. The molecule has 0 spiro atoms. The van der Waals surface area contributed by atoms with Crippen LogP contribution in [0.2, 0.25) is 0 Å². The average molecular weight is 285 g/mol. The molecule has 0 unspecified atom stereocenters. The Morgan fingerprint density at radius 3 is 2.90 bits per heavy atom. The number of nitriles is 1. The third-order valence-corrected chi connectivity index (χ3v) is 2.93. The summed E-state index contributed by atoms with van der Waals surface area (Å²) < 4.78 is 11.9. The number of nitrogens with zero attached hydrogens (tertiary/aromatic N) is 3. The van der Waals surface area contributed by atoms with Crippen molar-refractivity contribution in [3.8, 4) is 11.9 Å². The molecular formula is C15H15N3O3. The van der Waals surface area contributed by atoms with E-state index in [-0.39, 0.29) is 12.2 Å². The standard InChI is InChI=1S/C15H15N3O3/c1-4-21-15(19)11(9-16)8-12-14(20-3)17-13-7-5-6-10(2)18(12)13/h5-8H,4H2,1-3H3/b11-8+. The van der Waals surface area contributed by atoms with E-state index in [1.807, 2.05) is 35.6 Å². The number of aromatic nitrogens is 2. The van der Waals surface area contributed by atoms with Crippen LogP contribution in [0.4, 0.5) is 0 Å². The summed E-state index contributed by atoms with van der Waals surface area (Å²) in [6.45, 7) is 3.80. The molecule has 2 heterocycles. The Balaban J connectivity index is 2.65. The molecule has 0 saturated heterocycles. The molecule has 0 saturated carbocycles. The van der Waals surface area contributed by atoms with Crippen LogP contribution in [0, 0.1) is 18.3 Å². The van der Waals surface area contributed by atoms with E-state index >= 15 is 0 Å². The van der Waals surface area contributed by atoms with Crippen molar-refractivity contribution < 1.29 is 14.3 Å². The molecule has 108 valence electrons. The first-order valence-corrected chi connectivity index (χ1v) is 6.43. The molecule has 0 aliphatic heterocycles. The van der Waals surface area contributed by atoms with Crippen molar-refractivity contribution in [2.75, 3.05) is 13.7 Å². The molecular weight excluding hydrogens is 270 g/mol. The van der Waals surface area contributed by atoms with Crippen LogP contribution < -0.4 is 4.74 Å². The lowest BCUT2D eigenvalue weighted by molar-refractivity contribution is -0.137. The number of imidazole rings is 1. The summed E-state index contributed by atoms with van der Waals surface area (Å²) in [7, 11) is 1.49. The van der Waals surface area contributed by atoms with Gasteiger partial charge in [-0.2, -0.15) is 10.2 Å². The molecule has 0 amide bonds. The third-order valence-electron chi connectivity index (χ3n) is 2.93. The minimum absolute atomic E-state index is 0.0970. The first-order chi connectivity index (χ1) is 10.1. The number of methoxy groups -OCH3 is 1. The van der Waals surface area contributed by atoms with Crippen molar-refractivity contribution in [1.82, 2.24) is 9.38 Å². The second-order valence-corrected chi connectivity index (χ2v) is 4.26. The van der Waals surface area contributed by atoms with Gasteiger partial charge in [0.2, 0.25) is 5.88 Å². The summed E-state index contributed by atoms with van der Waals surface area (Å²) in [6, 6.07) is 7.45. The van der Waals surface area contributed by atoms with E-state index in [4.69, 9.17) is 14.7 Å². The molecule has 0 atom stereocenters. The van der Waals surface area contributed by atoms with E-state index in [1.165, 1.54) is 13.2 Å². The molecule has 2 aromatic rings. The normalized spacial score (nSPS) is 11.2.